The van der Waals surface area contributed by atoms with E-state index in [0.717, 1.165) is 11.1 Å². The molecule has 0 atom stereocenters. The number of halogens is 2. The second-order valence-corrected chi connectivity index (χ2v) is 6.60. The summed E-state index contributed by atoms with van der Waals surface area (Å²) in [5.74, 6) is 0.143. The van der Waals surface area contributed by atoms with Crippen LogP contribution in [0, 0.1) is 17.6 Å². The number of aryl methyl sites for hydroxylation is 1. The van der Waals surface area contributed by atoms with Crippen molar-refractivity contribution in [2.75, 3.05) is 7.05 Å². The molecule has 0 fully saturated rings. The zero-order valence-corrected chi connectivity index (χ0v) is 15.4. The van der Waals surface area contributed by atoms with Crippen molar-refractivity contribution in [2.45, 2.75) is 20.1 Å². The minimum Gasteiger partial charge on any atom is -0.409 e. The molecule has 25 heavy (non-hydrogen) atoms. The first-order valence-electron chi connectivity index (χ1n) is 7.71. The third kappa shape index (κ3) is 3.98. The van der Waals surface area contributed by atoms with Gasteiger partial charge in [0.15, 0.2) is 0 Å². The summed E-state index contributed by atoms with van der Waals surface area (Å²) in [6.45, 7) is 2.68. The normalized spacial score (nSPS) is 11.2. The fraction of sp³-hybridized carbons (Fsp3) is 0.222. The van der Waals surface area contributed by atoms with Crippen molar-refractivity contribution in [3.05, 3.63) is 69.3 Å². The van der Waals surface area contributed by atoms with Gasteiger partial charge in [-0.1, -0.05) is 35.9 Å². The molecule has 4 nitrogen and oxygen atoms in total. The van der Waals surface area contributed by atoms with Crippen LogP contribution in [0.1, 0.15) is 11.1 Å². The lowest BCUT2D eigenvalue weighted by molar-refractivity contribution is 0.238. The van der Waals surface area contributed by atoms with Gasteiger partial charge in [-0.05, 0) is 50.0 Å². The van der Waals surface area contributed by atoms with E-state index in [0.29, 0.717) is 29.7 Å². The minimum absolute atomic E-state index is 0.268. The fourth-order valence-corrected chi connectivity index (χ4v) is 2.95. The van der Waals surface area contributed by atoms with Crippen molar-refractivity contribution in [3.63, 3.8) is 0 Å². The summed E-state index contributed by atoms with van der Waals surface area (Å²) in [6, 6.07) is 12.5. The van der Waals surface area contributed by atoms with E-state index in [1.807, 2.05) is 43.1 Å². The Morgan fingerprint density at radius 2 is 2.00 bits per heavy atom. The molecule has 0 aliphatic carbocycles. The van der Waals surface area contributed by atoms with Gasteiger partial charge in [-0.25, -0.2) is 9.07 Å². The minimum atomic E-state index is -0.330. The molecule has 0 aliphatic rings. The Labute approximate surface area is 155 Å². The van der Waals surface area contributed by atoms with Crippen molar-refractivity contribution in [3.8, 4) is 11.5 Å². The van der Waals surface area contributed by atoms with E-state index in [1.165, 1.54) is 6.07 Å². The molecule has 0 N–H and O–H groups in total. The maximum absolute atomic E-state index is 13.9. The number of hydrogen-bond acceptors (Lipinski definition) is 4. The van der Waals surface area contributed by atoms with Crippen molar-refractivity contribution in [2.24, 2.45) is 0 Å². The Morgan fingerprint density at radius 1 is 1.24 bits per heavy atom. The Bertz CT molecular complexity index is 933. The molecule has 0 bridgehead atoms. The Balaban J connectivity index is 1.80. The summed E-state index contributed by atoms with van der Waals surface area (Å²) in [6.07, 6.45) is 0. The second-order valence-electron chi connectivity index (χ2n) is 5.84. The molecule has 3 rings (SSSR count). The van der Waals surface area contributed by atoms with Gasteiger partial charge >= 0.3 is 0 Å². The summed E-state index contributed by atoms with van der Waals surface area (Å²) in [7, 11) is 1.84. The molecule has 3 aromatic rings. The third-order valence-electron chi connectivity index (χ3n) is 3.85. The molecule has 0 amide bonds. The van der Waals surface area contributed by atoms with E-state index in [1.54, 1.807) is 16.8 Å². The van der Waals surface area contributed by atoms with Crippen LogP contribution < -0.4 is 0 Å². The number of rotatable bonds is 5. The van der Waals surface area contributed by atoms with Crippen LogP contribution in [0.3, 0.4) is 0 Å². The maximum atomic E-state index is 13.9. The highest BCUT2D eigenvalue weighted by Crippen LogP contribution is 2.23. The number of benzene rings is 2. The molecule has 1 heterocycles. The van der Waals surface area contributed by atoms with E-state index in [9.17, 15) is 4.39 Å². The summed E-state index contributed by atoms with van der Waals surface area (Å²) >= 11 is 11.3. The van der Waals surface area contributed by atoms with Gasteiger partial charge in [0.2, 0.25) is 5.89 Å². The van der Waals surface area contributed by atoms with Gasteiger partial charge in [0.25, 0.3) is 4.84 Å². The smallest absolute Gasteiger partial charge is 0.288 e. The lowest BCUT2D eigenvalue weighted by atomic mass is 10.1. The van der Waals surface area contributed by atoms with Crippen LogP contribution in [0.15, 0.2) is 46.9 Å². The molecule has 0 spiro atoms. The fourth-order valence-electron chi connectivity index (χ4n) is 2.55. The number of nitrogens with zero attached hydrogens (tertiary/aromatic N) is 3. The van der Waals surface area contributed by atoms with E-state index in [4.69, 9.17) is 28.2 Å². The maximum Gasteiger partial charge on any atom is 0.288 e. The van der Waals surface area contributed by atoms with Gasteiger partial charge in [-0.3, -0.25) is 4.90 Å². The average molecular weight is 378 g/mol. The first-order chi connectivity index (χ1) is 12.0. The van der Waals surface area contributed by atoms with Crippen molar-refractivity contribution in [1.29, 1.82) is 0 Å². The first-order valence-corrected chi connectivity index (χ1v) is 8.49. The lowest BCUT2D eigenvalue weighted by Crippen LogP contribution is -2.23. The zero-order valence-electron chi connectivity index (χ0n) is 13.9. The predicted octanol–water partition coefficient (Wildman–Crippen LogP) is 5.06. The molecule has 0 unspecified atom stereocenters. The van der Waals surface area contributed by atoms with Crippen LogP contribution in [0.25, 0.3) is 11.5 Å². The first kappa shape index (κ1) is 17.8. The van der Waals surface area contributed by atoms with Crippen molar-refractivity contribution >= 4 is 23.8 Å². The Kier molecular flexibility index (Phi) is 5.32. The zero-order chi connectivity index (χ0) is 18.0. The van der Waals surface area contributed by atoms with Gasteiger partial charge in [-0.2, -0.15) is 0 Å². The molecule has 130 valence electrons. The van der Waals surface area contributed by atoms with Crippen LogP contribution in [0.5, 0.6) is 0 Å². The monoisotopic (exact) mass is 377 g/mol. The summed E-state index contributed by atoms with van der Waals surface area (Å²) < 4.78 is 21.1. The van der Waals surface area contributed by atoms with Crippen molar-refractivity contribution in [1.82, 2.24) is 14.7 Å². The van der Waals surface area contributed by atoms with Crippen LogP contribution in [-0.2, 0) is 13.2 Å². The quantitative estimate of drug-likeness (QED) is 0.582. The molecular weight excluding hydrogens is 361 g/mol. The van der Waals surface area contributed by atoms with Gasteiger partial charge in [0.1, 0.15) is 5.82 Å². The molecule has 0 aliphatic heterocycles. The van der Waals surface area contributed by atoms with E-state index in [2.05, 4.69) is 5.10 Å². The molecule has 0 saturated heterocycles. The molecular formula is C18H17ClFN3OS. The van der Waals surface area contributed by atoms with E-state index < -0.39 is 0 Å². The van der Waals surface area contributed by atoms with E-state index in [-0.39, 0.29) is 10.7 Å². The summed E-state index contributed by atoms with van der Waals surface area (Å²) in [5, 5.41) is 4.84. The largest absolute Gasteiger partial charge is 0.409 e. The van der Waals surface area contributed by atoms with Crippen LogP contribution in [0.4, 0.5) is 4.39 Å². The Hall–Kier alpha value is -2.02. The highest BCUT2D eigenvalue weighted by Gasteiger charge is 2.14. The highest BCUT2D eigenvalue weighted by atomic mass is 35.5. The highest BCUT2D eigenvalue weighted by molar-refractivity contribution is 7.71. The molecule has 1 aromatic heterocycles. The molecule has 2 aromatic carbocycles. The standard InChI is InChI=1S/C18H17ClFN3OS/c1-12-6-3-4-7-13(12)17-21-23(18(25)24-17)11-22(2)10-14-15(19)8-5-9-16(14)20/h3-9H,10-11H2,1-2H3. The summed E-state index contributed by atoms with van der Waals surface area (Å²) in [4.78, 5) is 2.13. The van der Waals surface area contributed by atoms with E-state index >= 15 is 0 Å². The second kappa shape index (κ2) is 7.47. The molecule has 0 saturated carbocycles. The molecule has 7 heteroatoms. The third-order valence-corrected chi connectivity index (χ3v) is 4.50. The van der Waals surface area contributed by atoms with Gasteiger partial charge in [0.05, 0.1) is 6.67 Å². The van der Waals surface area contributed by atoms with Gasteiger partial charge in [-0.15, -0.1) is 5.10 Å². The summed E-state index contributed by atoms with van der Waals surface area (Å²) in [5.41, 5.74) is 2.39. The van der Waals surface area contributed by atoms with Gasteiger partial charge < -0.3 is 4.42 Å². The predicted molar refractivity (Wildman–Crippen MR) is 98.4 cm³/mol. The van der Waals surface area contributed by atoms with Crippen LogP contribution in [-0.4, -0.2) is 21.7 Å². The number of hydrogen-bond donors (Lipinski definition) is 0. The topological polar surface area (TPSA) is 34.2 Å². The van der Waals surface area contributed by atoms with Crippen molar-refractivity contribution < 1.29 is 8.81 Å². The SMILES string of the molecule is Cc1ccccc1-c1nn(CN(C)Cc2c(F)cccc2Cl)c(=S)o1. The molecule has 0 radical (unpaired) electrons. The van der Waals surface area contributed by atoms with Crippen LogP contribution in [0.2, 0.25) is 5.02 Å². The lowest BCUT2D eigenvalue weighted by Gasteiger charge is -2.17. The average Bonchev–Trinajstić information content (AvgIpc) is 2.92. The van der Waals surface area contributed by atoms with Crippen LogP contribution >= 0.6 is 23.8 Å². The van der Waals surface area contributed by atoms with Gasteiger partial charge in [0, 0.05) is 22.7 Å². The number of aromatic nitrogens is 2. The Morgan fingerprint density at radius 3 is 2.72 bits per heavy atom.